The van der Waals surface area contributed by atoms with Crippen molar-refractivity contribution in [2.45, 2.75) is 45.7 Å². The van der Waals surface area contributed by atoms with Crippen molar-refractivity contribution in [3.05, 3.63) is 24.9 Å². The van der Waals surface area contributed by atoms with Crippen LogP contribution in [0.4, 0.5) is 0 Å². The molecule has 2 aliphatic rings. The maximum atomic E-state index is 4.33. The third-order valence-corrected chi connectivity index (χ3v) is 5.05. The molecule has 0 aromatic heterocycles. The van der Waals surface area contributed by atoms with Crippen molar-refractivity contribution in [2.24, 2.45) is 11.3 Å². The van der Waals surface area contributed by atoms with Gasteiger partial charge in [0.1, 0.15) is 0 Å². The summed E-state index contributed by atoms with van der Waals surface area (Å²) in [6.45, 7) is 19.9. The number of hydrogen-bond acceptors (Lipinski definition) is 3. The lowest BCUT2D eigenvalue weighted by atomic mass is 9.73. The molecular formula is C18H33N3. The summed E-state index contributed by atoms with van der Waals surface area (Å²) < 4.78 is 0. The van der Waals surface area contributed by atoms with E-state index in [1.807, 2.05) is 6.08 Å². The summed E-state index contributed by atoms with van der Waals surface area (Å²) in [5.41, 5.74) is 1.70. The van der Waals surface area contributed by atoms with Gasteiger partial charge in [0.15, 0.2) is 0 Å². The van der Waals surface area contributed by atoms with Crippen LogP contribution >= 0.6 is 0 Å². The van der Waals surface area contributed by atoms with Gasteiger partial charge in [0.2, 0.25) is 0 Å². The summed E-state index contributed by atoms with van der Waals surface area (Å²) in [5, 5.41) is 3.52. The largest absolute Gasteiger partial charge is 0.382 e. The lowest BCUT2D eigenvalue weighted by molar-refractivity contribution is -0.0531. The minimum atomic E-state index is 0.285. The molecule has 1 spiro atoms. The van der Waals surface area contributed by atoms with Crippen molar-refractivity contribution in [3.63, 3.8) is 0 Å². The molecule has 0 amide bonds. The highest BCUT2D eigenvalue weighted by Gasteiger charge is 2.45. The topological polar surface area (TPSA) is 18.5 Å². The van der Waals surface area contributed by atoms with E-state index in [1.165, 1.54) is 39.0 Å². The molecule has 2 fully saturated rings. The van der Waals surface area contributed by atoms with E-state index in [0.29, 0.717) is 17.4 Å². The minimum Gasteiger partial charge on any atom is -0.382 e. The smallest absolute Gasteiger partial charge is 0.0512 e. The summed E-state index contributed by atoms with van der Waals surface area (Å²) in [5.74, 6) is 0.579. The first-order valence-corrected chi connectivity index (χ1v) is 8.37. The molecule has 3 nitrogen and oxygen atoms in total. The Labute approximate surface area is 131 Å². The molecular weight excluding hydrogens is 258 g/mol. The van der Waals surface area contributed by atoms with Gasteiger partial charge in [-0.05, 0) is 39.3 Å². The molecule has 2 unspecified atom stereocenters. The maximum Gasteiger partial charge on any atom is 0.0512 e. The monoisotopic (exact) mass is 291 g/mol. The van der Waals surface area contributed by atoms with Crippen molar-refractivity contribution >= 4 is 0 Å². The Morgan fingerprint density at radius 3 is 2.43 bits per heavy atom. The Morgan fingerprint density at radius 1 is 1.24 bits per heavy atom. The van der Waals surface area contributed by atoms with Crippen molar-refractivity contribution in [3.8, 4) is 0 Å². The Hall–Kier alpha value is -0.800. The first-order valence-electron chi connectivity index (χ1n) is 8.37. The van der Waals surface area contributed by atoms with E-state index >= 15 is 0 Å². The zero-order valence-electron chi connectivity index (χ0n) is 14.4. The van der Waals surface area contributed by atoms with Crippen LogP contribution in [0.2, 0.25) is 0 Å². The predicted molar refractivity (Wildman–Crippen MR) is 91.3 cm³/mol. The number of nitrogens with one attached hydrogen (secondary N) is 1. The van der Waals surface area contributed by atoms with Gasteiger partial charge in [0.05, 0.1) is 6.04 Å². The van der Waals surface area contributed by atoms with Crippen LogP contribution in [-0.2, 0) is 0 Å². The van der Waals surface area contributed by atoms with Gasteiger partial charge in [-0.1, -0.05) is 26.5 Å². The highest BCUT2D eigenvalue weighted by Crippen LogP contribution is 2.39. The molecule has 2 saturated heterocycles. The molecule has 0 aromatic carbocycles. The van der Waals surface area contributed by atoms with Gasteiger partial charge in [-0.25, -0.2) is 0 Å². The SMILES string of the molecule is C=CC(C)NC(=C)C(C(C)C)N1CCCC2(CN(C)C2)C1. The molecule has 120 valence electrons. The van der Waals surface area contributed by atoms with E-state index < -0.39 is 0 Å². The van der Waals surface area contributed by atoms with Crippen LogP contribution in [0.15, 0.2) is 24.9 Å². The predicted octanol–water partition coefficient (Wildman–Crippen LogP) is 2.72. The second-order valence-electron chi connectivity index (χ2n) is 7.63. The number of nitrogens with zero attached hydrogens (tertiary/aromatic N) is 2. The first kappa shape index (κ1) is 16.6. The molecule has 0 radical (unpaired) electrons. The molecule has 2 aliphatic heterocycles. The lowest BCUT2D eigenvalue weighted by Crippen LogP contribution is -2.63. The van der Waals surface area contributed by atoms with E-state index in [0.717, 1.165) is 5.70 Å². The van der Waals surface area contributed by atoms with Crippen LogP contribution in [0, 0.1) is 11.3 Å². The average Bonchev–Trinajstić information content (AvgIpc) is 2.37. The average molecular weight is 291 g/mol. The van der Waals surface area contributed by atoms with Gasteiger partial charge in [-0.15, -0.1) is 6.58 Å². The molecule has 21 heavy (non-hydrogen) atoms. The van der Waals surface area contributed by atoms with Crippen LogP contribution in [0.5, 0.6) is 0 Å². The van der Waals surface area contributed by atoms with Gasteiger partial charge < -0.3 is 10.2 Å². The van der Waals surface area contributed by atoms with Gasteiger partial charge in [-0.2, -0.15) is 0 Å². The molecule has 2 atom stereocenters. The fourth-order valence-corrected chi connectivity index (χ4v) is 4.32. The fraction of sp³-hybridized carbons (Fsp3) is 0.778. The highest BCUT2D eigenvalue weighted by atomic mass is 15.3. The number of hydrogen-bond donors (Lipinski definition) is 1. The maximum absolute atomic E-state index is 4.33. The fourth-order valence-electron chi connectivity index (χ4n) is 4.32. The van der Waals surface area contributed by atoms with Gasteiger partial charge in [-0.3, -0.25) is 4.90 Å². The number of likely N-dealkylation sites (tertiary alicyclic amines) is 2. The normalized spacial score (nSPS) is 25.4. The van der Waals surface area contributed by atoms with Crippen LogP contribution in [0.25, 0.3) is 0 Å². The molecule has 0 bridgehead atoms. The third kappa shape index (κ3) is 3.70. The summed E-state index contributed by atoms with van der Waals surface area (Å²) in [6.07, 6.45) is 4.66. The Balaban J connectivity index is 2.03. The first-order chi connectivity index (χ1) is 9.87. The summed E-state index contributed by atoms with van der Waals surface area (Å²) in [7, 11) is 2.23. The van der Waals surface area contributed by atoms with Gasteiger partial charge in [0, 0.05) is 36.8 Å². The molecule has 0 saturated carbocycles. The van der Waals surface area contributed by atoms with Gasteiger partial charge >= 0.3 is 0 Å². The third-order valence-electron chi connectivity index (χ3n) is 5.05. The summed E-state index contributed by atoms with van der Waals surface area (Å²) in [6, 6.07) is 0.711. The minimum absolute atomic E-state index is 0.285. The Kier molecular flexibility index (Phi) is 5.15. The van der Waals surface area contributed by atoms with Crippen LogP contribution in [0.1, 0.15) is 33.6 Å². The van der Waals surface area contributed by atoms with Crippen molar-refractivity contribution in [2.75, 3.05) is 33.2 Å². The number of piperidine rings is 1. The van der Waals surface area contributed by atoms with Gasteiger partial charge in [0.25, 0.3) is 0 Å². The Morgan fingerprint density at radius 2 is 1.90 bits per heavy atom. The van der Waals surface area contributed by atoms with E-state index in [9.17, 15) is 0 Å². The standard InChI is InChI=1S/C18H33N3/c1-7-15(4)19-16(5)17(14(2)3)21-10-8-9-18(13-21)11-20(6)12-18/h7,14-15,17,19H,1,5,8-13H2,2-4,6H3. The van der Waals surface area contributed by atoms with Crippen LogP contribution in [0.3, 0.4) is 0 Å². The Bertz CT molecular complexity index is 376. The van der Waals surface area contributed by atoms with E-state index in [1.54, 1.807) is 0 Å². The molecule has 3 heteroatoms. The summed E-state index contributed by atoms with van der Waals surface area (Å²) in [4.78, 5) is 5.12. The van der Waals surface area contributed by atoms with E-state index in [4.69, 9.17) is 0 Å². The van der Waals surface area contributed by atoms with Crippen molar-refractivity contribution < 1.29 is 0 Å². The van der Waals surface area contributed by atoms with E-state index in [-0.39, 0.29) is 6.04 Å². The highest BCUT2D eigenvalue weighted by molar-refractivity contribution is 5.11. The van der Waals surface area contributed by atoms with Crippen molar-refractivity contribution in [1.82, 2.24) is 15.1 Å². The molecule has 0 aromatic rings. The van der Waals surface area contributed by atoms with Crippen molar-refractivity contribution in [1.29, 1.82) is 0 Å². The summed E-state index contributed by atoms with van der Waals surface area (Å²) >= 11 is 0. The van der Waals surface area contributed by atoms with Crippen LogP contribution in [-0.4, -0.2) is 55.1 Å². The second-order valence-corrected chi connectivity index (χ2v) is 7.63. The molecule has 0 aliphatic carbocycles. The molecule has 2 rings (SSSR count). The number of rotatable bonds is 6. The molecule has 1 N–H and O–H groups in total. The van der Waals surface area contributed by atoms with Crippen LogP contribution < -0.4 is 5.32 Å². The second kappa shape index (κ2) is 6.53. The lowest BCUT2D eigenvalue weighted by Gasteiger charge is -2.55. The molecule has 2 heterocycles. The zero-order chi connectivity index (χ0) is 15.6. The quantitative estimate of drug-likeness (QED) is 0.759. The van der Waals surface area contributed by atoms with E-state index in [2.05, 4.69) is 56.1 Å². The zero-order valence-corrected chi connectivity index (χ0v) is 14.4.